The number of benzene rings is 1. The minimum atomic E-state index is -0.250. The molecule has 2 rings (SSSR count). The van der Waals surface area contributed by atoms with Crippen LogP contribution in [0.2, 0.25) is 0 Å². The molecule has 1 N–H and O–H groups in total. The summed E-state index contributed by atoms with van der Waals surface area (Å²) in [7, 11) is 0. The van der Waals surface area contributed by atoms with Crippen molar-refractivity contribution in [1.82, 2.24) is 0 Å². The van der Waals surface area contributed by atoms with E-state index < -0.39 is 0 Å². The highest BCUT2D eigenvalue weighted by Crippen LogP contribution is 2.26. The maximum Gasteiger partial charge on any atom is 0.260 e. The molecular weight excluding hydrogens is 310 g/mol. The lowest BCUT2D eigenvalue weighted by molar-refractivity contribution is 0.102. The Morgan fingerprint density at radius 3 is 2.68 bits per heavy atom. The van der Waals surface area contributed by atoms with Crippen LogP contribution in [0.5, 0.6) is 5.75 Å². The van der Waals surface area contributed by atoms with Crippen LogP contribution in [0.1, 0.15) is 24.2 Å². The molecule has 0 aliphatic heterocycles. The van der Waals surface area contributed by atoms with Crippen LogP contribution in [-0.4, -0.2) is 12.0 Å². The molecule has 19 heavy (non-hydrogen) atoms. The average molecular weight is 324 g/mol. The fourth-order valence-corrected chi connectivity index (χ4v) is 1.99. The van der Waals surface area contributed by atoms with E-state index in [-0.39, 0.29) is 12.0 Å². The number of anilines is 1. The van der Waals surface area contributed by atoms with Gasteiger partial charge in [0.2, 0.25) is 0 Å². The third kappa shape index (κ3) is 3.38. The van der Waals surface area contributed by atoms with E-state index in [9.17, 15) is 4.79 Å². The fourth-order valence-electron chi connectivity index (χ4n) is 1.57. The highest BCUT2D eigenvalue weighted by molar-refractivity contribution is 9.10. The summed E-state index contributed by atoms with van der Waals surface area (Å²) < 4.78 is 11.1. The number of carbonyl (C=O) groups is 1. The lowest BCUT2D eigenvalue weighted by Crippen LogP contribution is -2.14. The SMILES string of the molecule is CC(C)Oc1ccccc1NC(=O)c1ccoc1Br. The van der Waals surface area contributed by atoms with E-state index in [1.54, 1.807) is 12.1 Å². The molecule has 0 atom stereocenters. The van der Waals surface area contributed by atoms with E-state index >= 15 is 0 Å². The Morgan fingerprint density at radius 2 is 2.05 bits per heavy atom. The summed E-state index contributed by atoms with van der Waals surface area (Å²) in [5.41, 5.74) is 1.08. The lowest BCUT2D eigenvalue weighted by Gasteiger charge is -2.14. The average Bonchev–Trinajstić information content (AvgIpc) is 2.77. The van der Waals surface area contributed by atoms with Crippen molar-refractivity contribution in [1.29, 1.82) is 0 Å². The van der Waals surface area contributed by atoms with Gasteiger partial charge in [0, 0.05) is 0 Å². The first-order valence-corrected chi connectivity index (χ1v) is 6.67. The van der Waals surface area contributed by atoms with Crippen molar-refractivity contribution >= 4 is 27.5 Å². The van der Waals surface area contributed by atoms with E-state index in [0.29, 0.717) is 21.7 Å². The van der Waals surface area contributed by atoms with Gasteiger partial charge in [-0.3, -0.25) is 4.79 Å². The molecule has 0 saturated heterocycles. The Balaban J connectivity index is 2.19. The first-order valence-electron chi connectivity index (χ1n) is 5.88. The molecule has 0 spiro atoms. The van der Waals surface area contributed by atoms with Crippen LogP contribution >= 0.6 is 15.9 Å². The molecule has 100 valence electrons. The third-order valence-electron chi connectivity index (χ3n) is 2.36. The van der Waals surface area contributed by atoms with E-state index in [1.807, 2.05) is 32.0 Å². The fraction of sp³-hybridized carbons (Fsp3) is 0.214. The molecule has 0 aliphatic carbocycles. The van der Waals surface area contributed by atoms with Crippen LogP contribution in [0.25, 0.3) is 0 Å². The van der Waals surface area contributed by atoms with Crippen LogP contribution in [0.15, 0.2) is 45.7 Å². The Kier molecular flexibility index (Phi) is 4.27. The first kappa shape index (κ1) is 13.7. The van der Waals surface area contributed by atoms with Gasteiger partial charge in [0.05, 0.1) is 23.6 Å². The van der Waals surface area contributed by atoms with E-state index in [0.717, 1.165) is 0 Å². The van der Waals surface area contributed by atoms with Crippen molar-refractivity contribution in [3.05, 3.63) is 46.8 Å². The summed E-state index contributed by atoms with van der Waals surface area (Å²) in [4.78, 5) is 12.1. The van der Waals surface area contributed by atoms with Crippen molar-refractivity contribution in [2.45, 2.75) is 20.0 Å². The predicted molar refractivity (Wildman–Crippen MR) is 76.6 cm³/mol. The van der Waals surface area contributed by atoms with Gasteiger partial charge in [0.1, 0.15) is 5.75 Å². The van der Waals surface area contributed by atoms with E-state index in [2.05, 4.69) is 21.2 Å². The van der Waals surface area contributed by atoms with Crippen molar-refractivity contribution < 1.29 is 13.9 Å². The number of carbonyl (C=O) groups excluding carboxylic acids is 1. The largest absolute Gasteiger partial charge is 0.489 e. The highest BCUT2D eigenvalue weighted by Gasteiger charge is 2.14. The Hall–Kier alpha value is -1.75. The number of para-hydroxylation sites is 2. The van der Waals surface area contributed by atoms with Gasteiger partial charge in [-0.2, -0.15) is 0 Å². The Labute approximate surface area is 119 Å². The summed E-state index contributed by atoms with van der Waals surface area (Å²) in [5, 5.41) is 2.81. The minimum absolute atomic E-state index is 0.0405. The molecule has 0 fully saturated rings. The molecule has 0 saturated carbocycles. The molecule has 0 radical (unpaired) electrons. The molecule has 0 aliphatic rings. The maximum atomic E-state index is 12.1. The third-order valence-corrected chi connectivity index (χ3v) is 2.97. The van der Waals surface area contributed by atoms with Gasteiger partial charge in [-0.15, -0.1) is 0 Å². The topological polar surface area (TPSA) is 51.5 Å². The van der Waals surface area contributed by atoms with Gasteiger partial charge < -0.3 is 14.5 Å². The quantitative estimate of drug-likeness (QED) is 0.922. The molecule has 0 unspecified atom stereocenters. The van der Waals surface area contributed by atoms with Gasteiger partial charge in [-0.05, 0) is 48.0 Å². The number of hydrogen-bond acceptors (Lipinski definition) is 3. The predicted octanol–water partition coefficient (Wildman–Crippen LogP) is 4.08. The van der Waals surface area contributed by atoms with Gasteiger partial charge >= 0.3 is 0 Å². The van der Waals surface area contributed by atoms with Gasteiger partial charge in [0.15, 0.2) is 4.67 Å². The lowest BCUT2D eigenvalue weighted by atomic mass is 10.2. The number of rotatable bonds is 4. The standard InChI is InChI=1S/C14H14BrNO3/c1-9(2)19-12-6-4-3-5-11(12)16-14(17)10-7-8-18-13(10)15/h3-9H,1-2H3,(H,16,17). The van der Waals surface area contributed by atoms with Crippen LogP contribution in [-0.2, 0) is 0 Å². The number of halogens is 1. The van der Waals surface area contributed by atoms with Gasteiger partial charge in [-0.25, -0.2) is 0 Å². The molecule has 1 aromatic carbocycles. The van der Waals surface area contributed by atoms with Gasteiger partial charge in [0.25, 0.3) is 5.91 Å². The molecule has 5 heteroatoms. The first-order chi connectivity index (χ1) is 9.08. The molecule has 0 bridgehead atoms. The van der Waals surface area contributed by atoms with Crippen molar-refractivity contribution in [3.8, 4) is 5.75 Å². The zero-order chi connectivity index (χ0) is 13.8. The monoisotopic (exact) mass is 323 g/mol. The number of furan rings is 1. The summed E-state index contributed by atoms with van der Waals surface area (Å²) in [6.07, 6.45) is 1.49. The Bertz CT molecular complexity index is 578. The second-order valence-electron chi connectivity index (χ2n) is 4.22. The van der Waals surface area contributed by atoms with Crippen molar-refractivity contribution in [3.63, 3.8) is 0 Å². The number of hydrogen-bond donors (Lipinski definition) is 1. The Morgan fingerprint density at radius 1 is 1.32 bits per heavy atom. The maximum absolute atomic E-state index is 12.1. The van der Waals surface area contributed by atoms with Crippen LogP contribution in [0, 0.1) is 0 Å². The molecule has 1 aromatic heterocycles. The summed E-state index contributed by atoms with van der Waals surface area (Å²) in [6, 6.07) is 8.92. The van der Waals surface area contributed by atoms with E-state index in [1.165, 1.54) is 6.26 Å². The minimum Gasteiger partial charge on any atom is -0.489 e. The van der Waals surface area contributed by atoms with E-state index in [4.69, 9.17) is 9.15 Å². The molecular formula is C14H14BrNO3. The van der Waals surface area contributed by atoms with Crippen LogP contribution in [0.3, 0.4) is 0 Å². The molecule has 1 heterocycles. The molecule has 2 aromatic rings. The second-order valence-corrected chi connectivity index (χ2v) is 4.95. The summed E-state index contributed by atoms with van der Waals surface area (Å²) in [6.45, 7) is 3.87. The number of amides is 1. The zero-order valence-electron chi connectivity index (χ0n) is 10.6. The molecule has 4 nitrogen and oxygen atoms in total. The van der Waals surface area contributed by atoms with Crippen molar-refractivity contribution in [2.75, 3.05) is 5.32 Å². The normalized spacial score (nSPS) is 10.5. The summed E-state index contributed by atoms with van der Waals surface area (Å²) in [5.74, 6) is 0.394. The second kappa shape index (κ2) is 5.93. The van der Waals surface area contributed by atoms with Crippen molar-refractivity contribution in [2.24, 2.45) is 0 Å². The van der Waals surface area contributed by atoms with Gasteiger partial charge in [-0.1, -0.05) is 12.1 Å². The van der Waals surface area contributed by atoms with Crippen LogP contribution in [0.4, 0.5) is 5.69 Å². The smallest absolute Gasteiger partial charge is 0.260 e. The van der Waals surface area contributed by atoms with Crippen LogP contribution < -0.4 is 10.1 Å². The molecule has 1 amide bonds. The highest BCUT2D eigenvalue weighted by atomic mass is 79.9. The number of nitrogens with one attached hydrogen (secondary N) is 1. The zero-order valence-corrected chi connectivity index (χ0v) is 12.2. The number of ether oxygens (including phenoxy) is 1. The summed E-state index contributed by atoms with van der Waals surface area (Å²) >= 11 is 3.18.